The predicted molar refractivity (Wildman–Crippen MR) is 82.4 cm³/mol. The quantitative estimate of drug-likeness (QED) is 0.876. The van der Waals surface area contributed by atoms with E-state index in [1.54, 1.807) is 16.4 Å². The lowest BCUT2D eigenvalue weighted by molar-refractivity contribution is 0.477. The molecule has 0 radical (unpaired) electrons. The number of hydrogen-bond donors (Lipinski definition) is 0. The fourth-order valence-corrected chi connectivity index (χ4v) is 4.10. The summed E-state index contributed by atoms with van der Waals surface area (Å²) in [6, 6.07) is 12.8. The van der Waals surface area contributed by atoms with Gasteiger partial charge in [-0.2, -0.15) is 4.31 Å². The lowest BCUT2D eigenvalue weighted by Crippen LogP contribution is -2.27. The average Bonchev–Trinajstić information content (AvgIpc) is 3.02. The smallest absolute Gasteiger partial charge is 0.243 e. The van der Waals surface area contributed by atoms with Gasteiger partial charge in [-0.05, 0) is 44.0 Å². The Morgan fingerprint density at radius 3 is 2.29 bits per heavy atom. The van der Waals surface area contributed by atoms with E-state index in [1.165, 1.54) is 0 Å². The summed E-state index contributed by atoms with van der Waals surface area (Å²) >= 11 is 0. The van der Waals surface area contributed by atoms with E-state index < -0.39 is 10.0 Å². The van der Waals surface area contributed by atoms with E-state index >= 15 is 0 Å². The molecule has 0 atom stereocenters. The second kappa shape index (κ2) is 5.58. The van der Waals surface area contributed by atoms with E-state index in [4.69, 9.17) is 0 Å². The highest BCUT2D eigenvalue weighted by atomic mass is 32.2. The molecule has 1 fully saturated rings. The molecule has 1 saturated heterocycles. The maximum Gasteiger partial charge on any atom is 0.243 e. The van der Waals surface area contributed by atoms with Gasteiger partial charge in [0.25, 0.3) is 0 Å². The molecule has 4 nitrogen and oxygen atoms in total. The minimum absolute atomic E-state index is 0.362. The Morgan fingerprint density at radius 2 is 1.67 bits per heavy atom. The number of benzene rings is 1. The van der Waals surface area contributed by atoms with Crippen molar-refractivity contribution in [1.82, 2.24) is 9.29 Å². The van der Waals surface area contributed by atoms with Crippen LogP contribution in [0.3, 0.4) is 0 Å². The molecular weight excluding hydrogens is 284 g/mol. The van der Waals surface area contributed by atoms with Gasteiger partial charge in [0.2, 0.25) is 10.0 Å². The summed E-state index contributed by atoms with van der Waals surface area (Å²) in [4.78, 5) is 4.81. The molecule has 0 saturated carbocycles. The number of hydrogen-bond acceptors (Lipinski definition) is 3. The molecule has 0 amide bonds. The van der Waals surface area contributed by atoms with E-state index in [9.17, 15) is 8.42 Å². The number of aryl methyl sites for hydroxylation is 1. The summed E-state index contributed by atoms with van der Waals surface area (Å²) in [6.45, 7) is 3.20. The fraction of sp³-hybridized carbons (Fsp3) is 0.312. The van der Waals surface area contributed by atoms with Crippen molar-refractivity contribution < 1.29 is 8.42 Å². The third kappa shape index (κ3) is 2.84. The maximum absolute atomic E-state index is 12.4. The van der Waals surface area contributed by atoms with E-state index in [-0.39, 0.29) is 0 Å². The molecule has 1 aliphatic rings. The zero-order chi connectivity index (χ0) is 14.9. The van der Waals surface area contributed by atoms with Gasteiger partial charge in [0.1, 0.15) is 0 Å². The molecule has 2 heterocycles. The second-order valence-corrected chi connectivity index (χ2v) is 7.24. The van der Waals surface area contributed by atoms with Gasteiger partial charge in [-0.1, -0.05) is 18.2 Å². The SMILES string of the molecule is Cc1cccc(-c2ccc(S(=O)(=O)N3CCCC3)cc2)n1. The van der Waals surface area contributed by atoms with Crippen LogP contribution in [0.15, 0.2) is 47.4 Å². The fourth-order valence-electron chi connectivity index (χ4n) is 2.58. The van der Waals surface area contributed by atoms with Crippen LogP contribution >= 0.6 is 0 Å². The first-order valence-corrected chi connectivity index (χ1v) is 8.56. The average molecular weight is 302 g/mol. The Hall–Kier alpha value is -1.72. The molecule has 110 valence electrons. The molecule has 3 rings (SSSR count). The summed E-state index contributed by atoms with van der Waals surface area (Å²) in [7, 11) is -3.33. The lowest BCUT2D eigenvalue weighted by Gasteiger charge is -2.15. The summed E-state index contributed by atoms with van der Waals surface area (Å²) in [5.74, 6) is 0. The Balaban J connectivity index is 1.90. The van der Waals surface area contributed by atoms with Gasteiger partial charge in [0, 0.05) is 24.3 Å². The van der Waals surface area contributed by atoms with E-state index in [0.717, 1.165) is 29.8 Å². The number of rotatable bonds is 3. The van der Waals surface area contributed by atoms with Crippen molar-refractivity contribution in [2.45, 2.75) is 24.7 Å². The molecule has 21 heavy (non-hydrogen) atoms. The highest BCUT2D eigenvalue weighted by molar-refractivity contribution is 7.89. The molecular formula is C16H18N2O2S. The minimum Gasteiger partial charge on any atom is -0.253 e. The Labute approximate surface area is 125 Å². The first kappa shape index (κ1) is 14.2. The Morgan fingerprint density at radius 1 is 1.00 bits per heavy atom. The topological polar surface area (TPSA) is 50.3 Å². The maximum atomic E-state index is 12.4. The molecule has 0 bridgehead atoms. The molecule has 0 spiro atoms. The van der Waals surface area contributed by atoms with Crippen LogP contribution in [0.2, 0.25) is 0 Å². The number of sulfonamides is 1. The van der Waals surface area contributed by atoms with Crippen molar-refractivity contribution in [1.29, 1.82) is 0 Å². The van der Waals surface area contributed by atoms with Crippen LogP contribution in [0.25, 0.3) is 11.3 Å². The van der Waals surface area contributed by atoms with Crippen molar-refractivity contribution in [2.24, 2.45) is 0 Å². The molecule has 2 aromatic rings. The molecule has 1 aliphatic heterocycles. The molecule has 0 N–H and O–H groups in total. The zero-order valence-electron chi connectivity index (χ0n) is 12.0. The van der Waals surface area contributed by atoms with Crippen LogP contribution in [-0.4, -0.2) is 30.8 Å². The zero-order valence-corrected chi connectivity index (χ0v) is 12.8. The molecule has 5 heteroatoms. The van der Waals surface area contributed by atoms with Gasteiger partial charge < -0.3 is 0 Å². The highest BCUT2D eigenvalue weighted by Gasteiger charge is 2.26. The van der Waals surface area contributed by atoms with E-state index in [2.05, 4.69) is 4.98 Å². The molecule has 1 aromatic heterocycles. The van der Waals surface area contributed by atoms with Crippen LogP contribution < -0.4 is 0 Å². The summed E-state index contributed by atoms with van der Waals surface area (Å²) in [6.07, 6.45) is 1.90. The summed E-state index contributed by atoms with van der Waals surface area (Å²) in [5.41, 5.74) is 2.74. The standard InChI is InChI=1S/C16H18N2O2S/c1-13-5-4-6-16(17-13)14-7-9-15(10-8-14)21(19,20)18-11-2-3-12-18/h4-10H,2-3,11-12H2,1H3. The number of pyridine rings is 1. The van der Waals surface area contributed by atoms with Crippen LogP contribution in [-0.2, 0) is 10.0 Å². The van der Waals surface area contributed by atoms with Crippen molar-refractivity contribution in [3.8, 4) is 11.3 Å². The molecule has 0 unspecified atom stereocenters. The second-order valence-electron chi connectivity index (χ2n) is 5.30. The lowest BCUT2D eigenvalue weighted by atomic mass is 10.1. The monoisotopic (exact) mass is 302 g/mol. The van der Waals surface area contributed by atoms with Gasteiger partial charge in [-0.3, -0.25) is 4.98 Å². The van der Waals surface area contributed by atoms with Gasteiger partial charge in [0.15, 0.2) is 0 Å². The van der Waals surface area contributed by atoms with Crippen molar-refractivity contribution in [2.75, 3.05) is 13.1 Å². The van der Waals surface area contributed by atoms with Gasteiger partial charge in [-0.25, -0.2) is 8.42 Å². The van der Waals surface area contributed by atoms with Crippen molar-refractivity contribution >= 4 is 10.0 Å². The molecule has 1 aromatic carbocycles. The first-order valence-electron chi connectivity index (χ1n) is 7.12. The summed E-state index contributed by atoms with van der Waals surface area (Å²) in [5, 5.41) is 0. The van der Waals surface area contributed by atoms with E-state index in [1.807, 2.05) is 37.3 Å². The van der Waals surface area contributed by atoms with Crippen LogP contribution in [0.5, 0.6) is 0 Å². The van der Waals surface area contributed by atoms with Gasteiger partial charge in [-0.15, -0.1) is 0 Å². The Bertz CT molecular complexity index is 733. The third-order valence-electron chi connectivity index (χ3n) is 3.74. The third-order valence-corrected chi connectivity index (χ3v) is 5.65. The molecule has 0 aliphatic carbocycles. The summed E-state index contributed by atoms with van der Waals surface area (Å²) < 4.78 is 26.5. The van der Waals surface area contributed by atoms with Crippen LogP contribution in [0.4, 0.5) is 0 Å². The highest BCUT2D eigenvalue weighted by Crippen LogP contribution is 2.24. The van der Waals surface area contributed by atoms with Crippen molar-refractivity contribution in [3.63, 3.8) is 0 Å². The van der Waals surface area contributed by atoms with Gasteiger partial charge >= 0.3 is 0 Å². The number of nitrogens with zero attached hydrogens (tertiary/aromatic N) is 2. The van der Waals surface area contributed by atoms with Crippen LogP contribution in [0, 0.1) is 6.92 Å². The number of aromatic nitrogens is 1. The van der Waals surface area contributed by atoms with Crippen molar-refractivity contribution in [3.05, 3.63) is 48.2 Å². The minimum atomic E-state index is -3.33. The normalized spacial score (nSPS) is 16.2. The van der Waals surface area contributed by atoms with E-state index in [0.29, 0.717) is 18.0 Å². The van der Waals surface area contributed by atoms with Gasteiger partial charge in [0.05, 0.1) is 10.6 Å². The largest absolute Gasteiger partial charge is 0.253 e. The predicted octanol–water partition coefficient (Wildman–Crippen LogP) is 2.84. The first-order chi connectivity index (χ1) is 10.1. The van der Waals surface area contributed by atoms with Crippen LogP contribution in [0.1, 0.15) is 18.5 Å². The Kier molecular flexibility index (Phi) is 3.78.